The molecule has 3 rings (SSSR count). The lowest BCUT2D eigenvalue weighted by Crippen LogP contribution is -1.84. The van der Waals surface area contributed by atoms with Gasteiger partial charge in [0.2, 0.25) is 5.82 Å². The van der Waals surface area contributed by atoms with Crippen molar-refractivity contribution in [2.24, 2.45) is 0 Å². The molecule has 0 aliphatic rings. The van der Waals surface area contributed by atoms with Gasteiger partial charge >= 0.3 is 0 Å². The van der Waals surface area contributed by atoms with Gasteiger partial charge < -0.3 is 4.52 Å². The predicted octanol–water partition coefficient (Wildman–Crippen LogP) is 1.59. The Morgan fingerprint density at radius 1 is 0.941 bits per heavy atom. The minimum absolute atomic E-state index is 0.428. The van der Waals surface area contributed by atoms with Crippen LogP contribution in [0.5, 0.6) is 0 Å². The van der Waals surface area contributed by atoms with Crippen LogP contribution < -0.4 is 0 Å². The van der Waals surface area contributed by atoms with Gasteiger partial charge in [0.15, 0.2) is 0 Å². The van der Waals surface area contributed by atoms with Crippen LogP contribution in [0.25, 0.3) is 22.8 Å². The molecule has 0 saturated carbocycles. The molecule has 6 nitrogen and oxygen atoms in total. The lowest BCUT2D eigenvalue weighted by atomic mass is 10.3. The summed E-state index contributed by atoms with van der Waals surface area (Å²) in [7, 11) is 0. The van der Waals surface area contributed by atoms with Crippen molar-refractivity contribution in [3.8, 4) is 22.8 Å². The molecule has 0 unspecified atom stereocenters. The van der Waals surface area contributed by atoms with Crippen molar-refractivity contribution in [1.29, 1.82) is 0 Å². The van der Waals surface area contributed by atoms with Crippen molar-refractivity contribution in [3.05, 3.63) is 43.2 Å². The van der Waals surface area contributed by atoms with Crippen LogP contribution in [-0.4, -0.2) is 25.1 Å². The van der Waals surface area contributed by atoms with Gasteiger partial charge in [0, 0.05) is 24.8 Å². The second-order valence-corrected chi connectivity index (χ2v) is 3.29. The molecule has 17 heavy (non-hydrogen) atoms. The van der Waals surface area contributed by atoms with Crippen LogP contribution in [0.3, 0.4) is 0 Å². The zero-order valence-corrected chi connectivity index (χ0v) is 8.69. The fourth-order valence-electron chi connectivity index (χ4n) is 1.36. The Morgan fingerprint density at radius 3 is 2.53 bits per heavy atom. The van der Waals surface area contributed by atoms with Crippen LogP contribution in [0.1, 0.15) is 0 Å². The van der Waals surface area contributed by atoms with Crippen molar-refractivity contribution in [2.75, 3.05) is 0 Å². The summed E-state index contributed by atoms with van der Waals surface area (Å²) in [5.74, 6) is 0.890. The molecular weight excluding hydrogens is 218 g/mol. The summed E-state index contributed by atoms with van der Waals surface area (Å²) in [6.07, 6.45) is 8.06. The summed E-state index contributed by atoms with van der Waals surface area (Å²) in [5, 5.41) is 3.87. The molecule has 0 saturated heterocycles. The van der Waals surface area contributed by atoms with E-state index >= 15 is 0 Å². The normalized spacial score (nSPS) is 10.4. The zero-order chi connectivity index (χ0) is 11.5. The molecule has 3 aromatic heterocycles. The lowest BCUT2D eigenvalue weighted by Gasteiger charge is -1.90. The smallest absolute Gasteiger partial charge is 0.259 e. The highest BCUT2D eigenvalue weighted by Crippen LogP contribution is 2.19. The molecule has 6 heteroatoms. The Balaban J connectivity index is 1.99. The third kappa shape index (κ3) is 1.87. The van der Waals surface area contributed by atoms with Gasteiger partial charge in [-0.25, -0.2) is 9.97 Å². The number of rotatable bonds is 2. The second kappa shape index (κ2) is 4.09. The number of hydrogen-bond acceptors (Lipinski definition) is 6. The van der Waals surface area contributed by atoms with Crippen molar-refractivity contribution in [1.82, 2.24) is 25.1 Å². The minimum atomic E-state index is 0.428. The van der Waals surface area contributed by atoms with Crippen LogP contribution in [0.2, 0.25) is 0 Å². The average molecular weight is 225 g/mol. The molecular formula is C11H7N5O. The fraction of sp³-hybridized carbons (Fsp3) is 0. The highest BCUT2D eigenvalue weighted by Gasteiger charge is 2.10. The summed E-state index contributed by atoms with van der Waals surface area (Å²) in [4.78, 5) is 16.0. The highest BCUT2D eigenvalue weighted by molar-refractivity contribution is 5.57. The lowest BCUT2D eigenvalue weighted by molar-refractivity contribution is 0.432. The zero-order valence-electron chi connectivity index (χ0n) is 8.69. The monoisotopic (exact) mass is 225 g/mol. The Kier molecular flexibility index (Phi) is 2.31. The molecule has 0 aromatic carbocycles. The molecule has 82 valence electrons. The fourth-order valence-corrected chi connectivity index (χ4v) is 1.36. The maximum atomic E-state index is 5.15. The van der Waals surface area contributed by atoms with Crippen molar-refractivity contribution in [3.63, 3.8) is 0 Å². The van der Waals surface area contributed by atoms with E-state index in [0.717, 1.165) is 5.56 Å². The van der Waals surface area contributed by atoms with Crippen molar-refractivity contribution in [2.45, 2.75) is 0 Å². The quantitative estimate of drug-likeness (QED) is 0.659. The summed E-state index contributed by atoms with van der Waals surface area (Å²) in [5.41, 5.74) is 1.49. The van der Waals surface area contributed by atoms with E-state index in [-0.39, 0.29) is 0 Å². The van der Waals surface area contributed by atoms with E-state index < -0.39 is 0 Å². The summed E-state index contributed by atoms with van der Waals surface area (Å²) in [6.45, 7) is 0. The van der Waals surface area contributed by atoms with E-state index in [1.807, 2.05) is 12.1 Å². The maximum absolute atomic E-state index is 5.15. The van der Waals surface area contributed by atoms with E-state index in [1.54, 1.807) is 24.8 Å². The Hall–Kier alpha value is -2.63. The van der Waals surface area contributed by atoms with Gasteiger partial charge in [-0.05, 0) is 12.1 Å². The Morgan fingerprint density at radius 2 is 1.76 bits per heavy atom. The number of aromatic nitrogens is 5. The first-order chi connectivity index (χ1) is 8.43. The van der Waals surface area contributed by atoms with E-state index in [0.29, 0.717) is 17.3 Å². The van der Waals surface area contributed by atoms with Crippen LogP contribution in [0.4, 0.5) is 0 Å². The van der Waals surface area contributed by atoms with Crippen molar-refractivity contribution < 1.29 is 4.52 Å². The molecule has 0 fully saturated rings. The topological polar surface area (TPSA) is 77.6 Å². The van der Waals surface area contributed by atoms with E-state index in [2.05, 4.69) is 25.1 Å². The largest absolute Gasteiger partial charge is 0.334 e. The van der Waals surface area contributed by atoms with E-state index in [1.165, 1.54) is 6.33 Å². The molecule has 0 radical (unpaired) electrons. The van der Waals surface area contributed by atoms with Crippen LogP contribution in [-0.2, 0) is 0 Å². The maximum Gasteiger partial charge on any atom is 0.259 e. The van der Waals surface area contributed by atoms with Gasteiger partial charge in [-0.2, -0.15) is 4.98 Å². The molecule has 3 heterocycles. The third-order valence-corrected chi connectivity index (χ3v) is 2.15. The molecule has 0 spiro atoms. The summed E-state index contributed by atoms with van der Waals surface area (Å²) in [6, 6.07) is 3.66. The number of pyridine rings is 1. The third-order valence-electron chi connectivity index (χ3n) is 2.15. The van der Waals surface area contributed by atoms with Crippen LogP contribution >= 0.6 is 0 Å². The summed E-state index contributed by atoms with van der Waals surface area (Å²) < 4.78 is 5.15. The molecule has 0 amide bonds. The molecule has 0 aliphatic carbocycles. The predicted molar refractivity (Wildman–Crippen MR) is 58.6 cm³/mol. The van der Waals surface area contributed by atoms with Crippen molar-refractivity contribution >= 4 is 0 Å². The van der Waals surface area contributed by atoms with Crippen LogP contribution in [0, 0.1) is 0 Å². The molecule has 0 atom stereocenters. The van der Waals surface area contributed by atoms with Gasteiger partial charge in [0.05, 0.1) is 11.1 Å². The Labute approximate surface area is 96.4 Å². The SMILES string of the molecule is c1cncc(-c2nc(-c3cncnc3)no2)c1. The van der Waals surface area contributed by atoms with Gasteiger partial charge in [-0.1, -0.05) is 5.16 Å². The van der Waals surface area contributed by atoms with Gasteiger partial charge in [0.25, 0.3) is 5.89 Å². The van der Waals surface area contributed by atoms with E-state index in [4.69, 9.17) is 4.52 Å². The second-order valence-electron chi connectivity index (χ2n) is 3.29. The van der Waals surface area contributed by atoms with Gasteiger partial charge in [-0.15, -0.1) is 0 Å². The first-order valence-corrected chi connectivity index (χ1v) is 4.93. The number of nitrogens with zero attached hydrogens (tertiary/aromatic N) is 5. The Bertz CT molecular complexity index is 554. The average Bonchev–Trinajstić information content (AvgIpc) is 2.90. The summed E-state index contributed by atoms with van der Waals surface area (Å²) >= 11 is 0. The molecule has 3 aromatic rings. The number of hydrogen-bond donors (Lipinski definition) is 0. The van der Waals surface area contributed by atoms with Gasteiger partial charge in [-0.3, -0.25) is 4.98 Å². The minimum Gasteiger partial charge on any atom is -0.334 e. The van der Waals surface area contributed by atoms with E-state index in [9.17, 15) is 0 Å². The molecule has 0 N–H and O–H groups in total. The van der Waals surface area contributed by atoms with Crippen LogP contribution in [0.15, 0.2) is 47.8 Å². The first-order valence-electron chi connectivity index (χ1n) is 4.93. The molecule has 0 aliphatic heterocycles. The molecule has 0 bridgehead atoms. The van der Waals surface area contributed by atoms with Gasteiger partial charge in [0.1, 0.15) is 6.33 Å². The standard InChI is InChI=1S/C11H7N5O/c1-2-8(4-12-3-1)11-15-10(16-17-11)9-5-13-7-14-6-9/h1-7H. The first kappa shape index (κ1) is 9.59. The highest BCUT2D eigenvalue weighted by atomic mass is 16.5.